The highest BCUT2D eigenvalue weighted by atomic mass is 79.9. The van der Waals surface area contributed by atoms with Crippen molar-refractivity contribution in [3.63, 3.8) is 0 Å². The molecule has 6 nitrogen and oxygen atoms in total. The predicted molar refractivity (Wildman–Crippen MR) is 42.9 cm³/mol. The van der Waals surface area contributed by atoms with Crippen LogP contribution in [-0.4, -0.2) is 31.5 Å². The van der Waals surface area contributed by atoms with E-state index in [9.17, 15) is 4.79 Å². The van der Waals surface area contributed by atoms with E-state index in [1.807, 2.05) is 0 Å². The maximum Gasteiger partial charge on any atom is 0.358 e. The van der Waals surface area contributed by atoms with Crippen molar-refractivity contribution in [1.29, 1.82) is 0 Å². The van der Waals surface area contributed by atoms with Crippen LogP contribution in [0.5, 0.6) is 0 Å². The van der Waals surface area contributed by atoms with Crippen LogP contribution < -0.4 is 0 Å². The largest absolute Gasteiger partial charge is 0.476 e. The van der Waals surface area contributed by atoms with E-state index in [1.54, 1.807) is 0 Å². The molecule has 0 bridgehead atoms. The average Bonchev–Trinajstić information content (AvgIpc) is 2.53. The van der Waals surface area contributed by atoms with E-state index in [0.717, 1.165) is 0 Å². The first kappa shape index (κ1) is 7.29. The van der Waals surface area contributed by atoms with Crippen molar-refractivity contribution in [2.75, 3.05) is 0 Å². The van der Waals surface area contributed by atoms with Gasteiger partial charge in [-0.25, -0.2) is 4.79 Å². The van der Waals surface area contributed by atoms with Crippen molar-refractivity contribution >= 4 is 32.9 Å². The van der Waals surface area contributed by atoms with Gasteiger partial charge in [-0.3, -0.25) is 10.2 Å². The molecular formula is C5H3BrN4O2. The summed E-state index contributed by atoms with van der Waals surface area (Å²) in [4.78, 5) is 10.5. The van der Waals surface area contributed by atoms with Crippen molar-refractivity contribution in [1.82, 2.24) is 20.4 Å². The number of carboxylic acid groups (broad SMARTS) is 1. The number of carboxylic acids is 1. The van der Waals surface area contributed by atoms with Crippen molar-refractivity contribution in [3.8, 4) is 0 Å². The quantitative estimate of drug-likeness (QED) is 0.674. The van der Waals surface area contributed by atoms with Crippen LogP contribution in [0.1, 0.15) is 10.5 Å². The third-order valence-corrected chi connectivity index (χ3v) is 2.00. The first-order valence-electron chi connectivity index (χ1n) is 3.01. The Morgan fingerprint density at radius 3 is 2.83 bits per heavy atom. The van der Waals surface area contributed by atoms with Gasteiger partial charge in [0, 0.05) is 0 Å². The molecule has 0 fully saturated rings. The lowest BCUT2D eigenvalue weighted by Gasteiger charge is -1.80. The Balaban J connectivity index is 2.79. The zero-order valence-electron chi connectivity index (χ0n) is 5.63. The van der Waals surface area contributed by atoms with E-state index in [-0.39, 0.29) is 5.69 Å². The van der Waals surface area contributed by atoms with Gasteiger partial charge in [0.15, 0.2) is 5.69 Å². The number of aromatic carboxylic acids is 1. The molecule has 7 heteroatoms. The van der Waals surface area contributed by atoms with E-state index < -0.39 is 5.97 Å². The zero-order chi connectivity index (χ0) is 8.72. The number of H-pyrrole nitrogens is 2. The lowest BCUT2D eigenvalue weighted by molar-refractivity contribution is 0.0692. The fourth-order valence-electron chi connectivity index (χ4n) is 0.908. The molecule has 0 aliphatic rings. The number of nitrogens with one attached hydrogen (secondary N) is 2. The summed E-state index contributed by atoms with van der Waals surface area (Å²) in [5.41, 5.74) is 0.814. The third-order valence-electron chi connectivity index (χ3n) is 1.43. The summed E-state index contributed by atoms with van der Waals surface area (Å²) in [5, 5.41) is 21.1. The van der Waals surface area contributed by atoms with Crippen molar-refractivity contribution < 1.29 is 9.90 Å². The molecule has 2 heterocycles. The van der Waals surface area contributed by atoms with Crippen molar-refractivity contribution in [3.05, 3.63) is 10.3 Å². The van der Waals surface area contributed by atoms with E-state index in [2.05, 4.69) is 36.3 Å². The number of rotatable bonds is 1. The van der Waals surface area contributed by atoms with Crippen molar-refractivity contribution in [2.24, 2.45) is 0 Å². The molecule has 0 atom stereocenters. The topological polar surface area (TPSA) is 94.7 Å². The smallest absolute Gasteiger partial charge is 0.358 e. The van der Waals surface area contributed by atoms with Crippen LogP contribution in [0.3, 0.4) is 0 Å². The first-order valence-corrected chi connectivity index (χ1v) is 3.80. The molecule has 0 saturated carbocycles. The maximum absolute atomic E-state index is 10.5. The SMILES string of the molecule is O=C(O)c1n[nH]c2c(Br)[nH]nc12. The summed E-state index contributed by atoms with van der Waals surface area (Å²) in [6.45, 7) is 0. The molecule has 0 aromatic carbocycles. The molecule has 3 N–H and O–H groups in total. The predicted octanol–water partition coefficient (Wildman–Crippen LogP) is 0.747. The van der Waals surface area contributed by atoms with Gasteiger partial charge in [0.25, 0.3) is 0 Å². The second-order valence-corrected chi connectivity index (χ2v) is 2.93. The summed E-state index contributed by atoms with van der Waals surface area (Å²) in [6.07, 6.45) is 0. The summed E-state index contributed by atoms with van der Waals surface area (Å²) in [5.74, 6) is -1.10. The Bertz CT molecular complexity index is 445. The molecule has 2 aromatic heterocycles. The minimum absolute atomic E-state index is 0.0769. The molecule has 62 valence electrons. The highest BCUT2D eigenvalue weighted by Crippen LogP contribution is 2.20. The normalized spacial score (nSPS) is 10.8. The van der Waals surface area contributed by atoms with Gasteiger partial charge < -0.3 is 5.11 Å². The average molecular weight is 231 g/mol. The van der Waals surface area contributed by atoms with Gasteiger partial charge in [0.1, 0.15) is 15.6 Å². The Labute approximate surface area is 74.1 Å². The zero-order valence-corrected chi connectivity index (χ0v) is 7.21. The molecule has 0 radical (unpaired) electrons. The standard InChI is InChI=1S/C5H3BrN4O2/c6-4-2-1(7-10-4)3(5(11)12)9-8-2/h(H,7,10)(H,8,9)(H,11,12). The molecule has 0 aliphatic heterocycles. The van der Waals surface area contributed by atoms with Gasteiger partial charge >= 0.3 is 5.97 Å². The number of carbonyl (C=O) groups is 1. The van der Waals surface area contributed by atoms with Crippen LogP contribution in [0.25, 0.3) is 11.0 Å². The van der Waals surface area contributed by atoms with Crippen LogP contribution in [-0.2, 0) is 0 Å². The number of nitrogens with zero attached hydrogens (tertiary/aromatic N) is 2. The van der Waals surface area contributed by atoms with E-state index in [4.69, 9.17) is 5.11 Å². The number of aromatic amines is 2. The lowest BCUT2D eigenvalue weighted by atomic mass is 10.4. The Hall–Kier alpha value is -1.37. The molecule has 0 aliphatic carbocycles. The summed E-state index contributed by atoms with van der Waals surface area (Å²) < 4.78 is 0.595. The van der Waals surface area contributed by atoms with Gasteiger partial charge in [-0.05, 0) is 15.9 Å². The van der Waals surface area contributed by atoms with Crippen LogP contribution in [0.15, 0.2) is 4.60 Å². The second kappa shape index (κ2) is 2.31. The van der Waals surface area contributed by atoms with Gasteiger partial charge in [-0.1, -0.05) is 0 Å². The highest BCUT2D eigenvalue weighted by Gasteiger charge is 2.16. The first-order chi connectivity index (χ1) is 5.70. The minimum atomic E-state index is -1.10. The fraction of sp³-hybridized carbons (Fsp3) is 0. The Kier molecular flexibility index (Phi) is 1.40. The summed E-state index contributed by atoms with van der Waals surface area (Å²) in [6, 6.07) is 0. The monoisotopic (exact) mass is 230 g/mol. The molecule has 0 unspecified atom stereocenters. The van der Waals surface area contributed by atoms with Gasteiger partial charge in [0.05, 0.1) is 0 Å². The highest BCUT2D eigenvalue weighted by molar-refractivity contribution is 9.10. The second-order valence-electron chi connectivity index (χ2n) is 2.14. The number of fused-ring (bicyclic) bond motifs is 1. The number of hydrogen-bond donors (Lipinski definition) is 3. The Morgan fingerprint density at radius 2 is 2.17 bits per heavy atom. The molecule has 0 spiro atoms. The molecule has 0 amide bonds. The van der Waals surface area contributed by atoms with E-state index in [0.29, 0.717) is 15.6 Å². The maximum atomic E-state index is 10.5. The van der Waals surface area contributed by atoms with Crippen LogP contribution in [0, 0.1) is 0 Å². The van der Waals surface area contributed by atoms with Crippen LogP contribution >= 0.6 is 15.9 Å². The number of hydrogen-bond acceptors (Lipinski definition) is 3. The summed E-state index contributed by atoms with van der Waals surface area (Å²) >= 11 is 3.15. The molecular weight excluding hydrogens is 228 g/mol. The Morgan fingerprint density at radius 1 is 1.42 bits per heavy atom. The van der Waals surface area contributed by atoms with E-state index >= 15 is 0 Å². The van der Waals surface area contributed by atoms with Crippen LogP contribution in [0.2, 0.25) is 0 Å². The lowest BCUT2D eigenvalue weighted by Crippen LogP contribution is -1.97. The van der Waals surface area contributed by atoms with Crippen LogP contribution in [0.4, 0.5) is 0 Å². The number of halogens is 1. The molecule has 0 saturated heterocycles. The minimum Gasteiger partial charge on any atom is -0.476 e. The van der Waals surface area contributed by atoms with Gasteiger partial charge in [-0.2, -0.15) is 10.2 Å². The van der Waals surface area contributed by atoms with Gasteiger partial charge in [0.2, 0.25) is 0 Å². The molecule has 12 heavy (non-hydrogen) atoms. The third kappa shape index (κ3) is 0.828. The summed E-state index contributed by atoms with van der Waals surface area (Å²) in [7, 11) is 0. The molecule has 2 aromatic rings. The number of aromatic nitrogens is 4. The fourth-order valence-corrected chi connectivity index (χ4v) is 1.27. The molecule has 2 rings (SSSR count). The van der Waals surface area contributed by atoms with Crippen molar-refractivity contribution in [2.45, 2.75) is 0 Å². The van der Waals surface area contributed by atoms with E-state index in [1.165, 1.54) is 0 Å². The van der Waals surface area contributed by atoms with Gasteiger partial charge in [-0.15, -0.1) is 0 Å².